The maximum Gasteiger partial charge on any atom is 0.153 e. The van der Waals surface area contributed by atoms with Gasteiger partial charge in [0.2, 0.25) is 0 Å². The molecule has 0 atom stereocenters. The van der Waals surface area contributed by atoms with Gasteiger partial charge < -0.3 is 0 Å². The van der Waals surface area contributed by atoms with E-state index in [0.29, 0.717) is 11.6 Å². The summed E-state index contributed by atoms with van der Waals surface area (Å²) in [5, 5.41) is 7.99. The SMILES string of the molecule is CCC(CC)n1cc(C=O)c(-c2cccc3ccsc23)n1. The molecule has 4 heteroatoms. The zero-order valence-corrected chi connectivity index (χ0v) is 13.1. The van der Waals surface area contributed by atoms with Crippen LogP contribution in [0.3, 0.4) is 0 Å². The Labute approximate surface area is 128 Å². The van der Waals surface area contributed by atoms with Gasteiger partial charge in [-0.3, -0.25) is 9.48 Å². The van der Waals surface area contributed by atoms with Crippen molar-refractivity contribution in [1.82, 2.24) is 9.78 Å². The zero-order chi connectivity index (χ0) is 14.8. The van der Waals surface area contributed by atoms with Crippen LogP contribution in [-0.4, -0.2) is 16.1 Å². The van der Waals surface area contributed by atoms with Gasteiger partial charge in [-0.25, -0.2) is 0 Å². The lowest BCUT2D eigenvalue weighted by atomic mass is 10.1. The summed E-state index contributed by atoms with van der Waals surface area (Å²) in [6.45, 7) is 4.30. The number of rotatable bonds is 5. The molecule has 108 valence electrons. The highest BCUT2D eigenvalue weighted by molar-refractivity contribution is 7.17. The van der Waals surface area contributed by atoms with Crippen molar-refractivity contribution in [2.75, 3.05) is 0 Å². The molecule has 1 aromatic carbocycles. The Morgan fingerprint density at radius 3 is 2.81 bits per heavy atom. The van der Waals surface area contributed by atoms with Crippen LogP contribution in [0.2, 0.25) is 0 Å². The number of aldehydes is 1. The standard InChI is InChI=1S/C17H18N2OS/c1-3-14(4-2)19-10-13(11-20)16(18-19)15-7-5-6-12-8-9-21-17(12)15/h5-11,14H,3-4H2,1-2H3. The quantitative estimate of drug-likeness (QED) is 0.625. The van der Waals surface area contributed by atoms with Gasteiger partial charge in [0.25, 0.3) is 0 Å². The summed E-state index contributed by atoms with van der Waals surface area (Å²) >= 11 is 1.69. The highest BCUT2D eigenvalue weighted by Crippen LogP contribution is 2.33. The summed E-state index contributed by atoms with van der Waals surface area (Å²) in [6.07, 6.45) is 4.82. The number of carbonyl (C=O) groups excluding carboxylic acids is 1. The fourth-order valence-electron chi connectivity index (χ4n) is 2.73. The van der Waals surface area contributed by atoms with Gasteiger partial charge in [-0.15, -0.1) is 11.3 Å². The molecule has 0 saturated carbocycles. The third kappa shape index (κ3) is 2.40. The maximum absolute atomic E-state index is 11.4. The van der Waals surface area contributed by atoms with Gasteiger partial charge in [-0.2, -0.15) is 5.10 Å². The van der Waals surface area contributed by atoms with E-state index in [9.17, 15) is 4.79 Å². The van der Waals surface area contributed by atoms with Crippen molar-refractivity contribution in [3.05, 3.63) is 41.4 Å². The van der Waals surface area contributed by atoms with Crippen molar-refractivity contribution < 1.29 is 4.79 Å². The summed E-state index contributed by atoms with van der Waals surface area (Å²) in [6, 6.07) is 8.61. The van der Waals surface area contributed by atoms with E-state index in [-0.39, 0.29) is 0 Å². The molecule has 2 aromatic heterocycles. The van der Waals surface area contributed by atoms with Gasteiger partial charge in [-0.1, -0.05) is 32.0 Å². The third-order valence-electron chi connectivity index (χ3n) is 3.94. The van der Waals surface area contributed by atoms with E-state index in [1.54, 1.807) is 11.3 Å². The average molecular weight is 298 g/mol. The first-order valence-electron chi connectivity index (χ1n) is 7.29. The second-order valence-electron chi connectivity index (χ2n) is 5.15. The fraction of sp³-hybridized carbons (Fsp3) is 0.294. The molecular weight excluding hydrogens is 280 g/mol. The van der Waals surface area contributed by atoms with Crippen molar-refractivity contribution >= 4 is 27.7 Å². The van der Waals surface area contributed by atoms with Crippen molar-refractivity contribution in [3.63, 3.8) is 0 Å². The number of fused-ring (bicyclic) bond motifs is 1. The highest BCUT2D eigenvalue weighted by Gasteiger charge is 2.16. The molecule has 0 saturated heterocycles. The monoisotopic (exact) mass is 298 g/mol. The minimum atomic E-state index is 0.347. The first-order valence-corrected chi connectivity index (χ1v) is 8.17. The number of hydrogen-bond acceptors (Lipinski definition) is 3. The van der Waals surface area contributed by atoms with Crippen LogP contribution < -0.4 is 0 Å². The number of hydrogen-bond donors (Lipinski definition) is 0. The smallest absolute Gasteiger partial charge is 0.153 e. The summed E-state index contributed by atoms with van der Waals surface area (Å²) in [7, 11) is 0. The highest BCUT2D eigenvalue weighted by atomic mass is 32.1. The lowest BCUT2D eigenvalue weighted by Crippen LogP contribution is -2.07. The molecule has 0 amide bonds. The molecule has 0 unspecified atom stereocenters. The van der Waals surface area contributed by atoms with Gasteiger partial charge in [-0.05, 0) is 29.7 Å². The summed E-state index contributed by atoms with van der Waals surface area (Å²) in [5.74, 6) is 0. The van der Waals surface area contributed by atoms with Gasteiger partial charge in [0.1, 0.15) is 5.69 Å². The molecule has 0 aliphatic heterocycles. The lowest BCUT2D eigenvalue weighted by molar-refractivity contribution is 0.112. The predicted octanol–water partition coefficient (Wildman–Crippen LogP) is 4.94. The van der Waals surface area contributed by atoms with Crippen LogP contribution in [0.25, 0.3) is 21.3 Å². The topological polar surface area (TPSA) is 34.9 Å². The molecule has 0 radical (unpaired) electrons. The Balaban J connectivity index is 2.17. The Kier molecular flexibility index (Phi) is 3.88. The Hall–Kier alpha value is -1.94. The van der Waals surface area contributed by atoms with Crippen molar-refractivity contribution in [3.8, 4) is 11.3 Å². The molecule has 3 nitrogen and oxygen atoms in total. The minimum Gasteiger partial charge on any atom is -0.298 e. The molecular formula is C17H18N2OS. The number of nitrogens with zero attached hydrogens (tertiary/aromatic N) is 2. The normalized spacial score (nSPS) is 11.4. The van der Waals surface area contributed by atoms with E-state index in [2.05, 4.69) is 31.4 Å². The predicted molar refractivity (Wildman–Crippen MR) is 88.1 cm³/mol. The van der Waals surface area contributed by atoms with Crippen LogP contribution >= 0.6 is 11.3 Å². The Morgan fingerprint density at radius 1 is 1.29 bits per heavy atom. The van der Waals surface area contributed by atoms with E-state index in [4.69, 9.17) is 5.10 Å². The van der Waals surface area contributed by atoms with Crippen LogP contribution in [0, 0.1) is 0 Å². The average Bonchev–Trinajstić information content (AvgIpc) is 3.14. The number of carbonyl (C=O) groups is 1. The van der Waals surface area contributed by atoms with Crippen LogP contribution in [-0.2, 0) is 0 Å². The molecule has 0 fully saturated rings. The van der Waals surface area contributed by atoms with Gasteiger partial charge in [0.05, 0.1) is 11.6 Å². The summed E-state index contributed by atoms with van der Waals surface area (Å²) in [4.78, 5) is 11.4. The van der Waals surface area contributed by atoms with Crippen LogP contribution in [0.15, 0.2) is 35.8 Å². The van der Waals surface area contributed by atoms with Crippen LogP contribution in [0.5, 0.6) is 0 Å². The molecule has 21 heavy (non-hydrogen) atoms. The summed E-state index contributed by atoms with van der Waals surface area (Å²) < 4.78 is 3.14. The van der Waals surface area contributed by atoms with Gasteiger partial charge in [0.15, 0.2) is 6.29 Å². The maximum atomic E-state index is 11.4. The van der Waals surface area contributed by atoms with Crippen molar-refractivity contribution in [1.29, 1.82) is 0 Å². The second kappa shape index (κ2) is 5.82. The van der Waals surface area contributed by atoms with E-state index >= 15 is 0 Å². The second-order valence-corrected chi connectivity index (χ2v) is 6.06. The van der Waals surface area contributed by atoms with Crippen molar-refractivity contribution in [2.24, 2.45) is 0 Å². The molecule has 2 heterocycles. The first kappa shape index (κ1) is 14.0. The Morgan fingerprint density at radius 2 is 2.10 bits per heavy atom. The lowest BCUT2D eigenvalue weighted by Gasteiger charge is -2.12. The van der Waals surface area contributed by atoms with E-state index in [0.717, 1.165) is 30.4 Å². The zero-order valence-electron chi connectivity index (χ0n) is 12.2. The molecule has 0 N–H and O–H groups in total. The van der Waals surface area contributed by atoms with Crippen LogP contribution in [0.4, 0.5) is 0 Å². The van der Waals surface area contributed by atoms with E-state index < -0.39 is 0 Å². The molecule has 3 rings (SSSR count). The number of aromatic nitrogens is 2. The molecule has 3 aromatic rings. The molecule has 0 aliphatic carbocycles. The largest absolute Gasteiger partial charge is 0.298 e. The number of benzene rings is 1. The van der Waals surface area contributed by atoms with Gasteiger partial charge >= 0.3 is 0 Å². The molecule has 0 aliphatic rings. The molecule has 0 bridgehead atoms. The van der Waals surface area contributed by atoms with E-state index in [1.165, 1.54) is 10.1 Å². The first-order chi connectivity index (χ1) is 10.3. The number of thiophene rings is 1. The van der Waals surface area contributed by atoms with Crippen LogP contribution in [0.1, 0.15) is 43.1 Å². The molecule has 0 spiro atoms. The van der Waals surface area contributed by atoms with Crippen molar-refractivity contribution in [2.45, 2.75) is 32.7 Å². The third-order valence-corrected chi connectivity index (χ3v) is 4.90. The van der Waals surface area contributed by atoms with E-state index in [1.807, 2.05) is 23.0 Å². The summed E-state index contributed by atoms with van der Waals surface area (Å²) in [5.41, 5.74) is 2.52. The fourth-order valence-corrected chi connectivity index (χ4v) is 3.65. The Bertz CT molecular complexity index is 768. The van der Waals surface area contributed by atoms with Gasteiger partial charge in [0, 0.05) is 16.5 Å². The minimum absolute atomic E-state index is 0.347.